The molecule has 1 amide bonds. The van der Waals surface area contributed by atoms with Crippen LogP contribution in [-0.2, 0) is 4.79 Å². The van der Waals surface area contributed by atoms with Crippen LogP contribution in [-0.4, -0.2) is 30.9 Å². The van der Waals surface area contributed by atoms with Gasteiger partial charge in [-0.2, -0.15) is 0 Å². The minimum atomic E-state index is 0.0269. The third-order valence-electron chi connectivity index (χ3n) is 2.91. The number of nitrogens with two attached hydrogens (primary N) is 1. The van der Waals surface area contributed by atoms with Crippen LogP contribution in [0, 0.1) is 6.92 Å². The lowest BCUT2D eigenvalue weighted by Gasteiger charge is -2.14. The molecule has 0 aliphatic carbocycles. The zero-order valence-electron chi connectivity index (χ0n) is 10.8. The summed E-state index contributed by atoms with van der Waals surface area (Å²) in [5, 5.41) is 2.88. The number of benzene rings is 1. The van der Waals surface area contributed by atoms with Crippen LogP contribution in [0.4, 0.5) is 11.4 Å². The van der Waals surface area contributed by atoms with E-state index in [2.05, 4.69) is 17.1 Å². The molecular formula is C13H21N3O. The van der Waals surface area contributed by atoms with Crippen LogP contribution < -0.4 is 11.1 Å². The molecule has 0 saturated heterocycles. The maximum Gasteiger partial charge on any atom is 0.225 e. The van der Waals surface area contributed by atoms with Crippen molar-refractivity contribution in [2.75, 3.05) is 31.2 Å². The van der Waals surface area contributed by atoms with E-state index in [-0.39, 0.29) is 5.91 Å². The van der Waals surface area contributed by atoms with Crippen LogP contribution in [0.2, 0.25) is 0 Å². The highest BCUT2D eigenvalue weighted by molar-refractivity contribution is 5.92. The Morgan fingerprint density at radius 2 is 2.18 bits per heavy atom. The van der Waals surface area contributed by atoms with Gasteiger partial charge in [0.25, 0.3) is 0 Å². The second kappa shape index (κ2) is 6.25. The summed E-state index contributed by atoms with van der Waals surface area (Å²) in [4.78, 5) is 13.8. The molecule has 0 heterocycles. The molecule has 4 nitrogen and oxygen atoms in total. The molecule has 1 aromatic carbocycles. The van der Waals surface area contributed by atoms with Crippen molar-refractivity contribution in [3.63, 3.8) is 0 Å². The number of rotatable bonds is 5. The lowest BCUT2D eigenvalue weighted by molar-refractivity contribution is -0.116. The summed E-state index contributed by atoms with van der Waals surface area (Å²) < 4.78 is 0. The summed E-state index contributed by atoms with van der Waals surface area (Å²) in [5.74, 6) is 0.0269. The van der Waals surface area contributed by atoms with Crippen LogP contribution in [0.1, 0.15) is 18.9 Å². The van der Waals surface area contributed by atoms with Crippen molar-refractivity contribution >= 4 is 17.3 Å². The van der Waals surface area contributed by atoms with E-state index in [1.54, 1.807) is 0 Å². The number of nitrogen functional groups attached to an aromatic ring is 1. The van der Waals surface area contributed by atoms with Gasteiger partial charge in [-0.25, -0.2) is 0 Å². The number of nitrogens with zero attached hydrogens (tertiary/aromatic N) is 1. The van der Waals surface area contributed by atoms with Crippen LogP contribution in [0.5, 0.6) is 0 Å². The minimum Gasteiger partial charge on any atom is -0.398 e. The van der Waals surface area contributed by atoms with Gasteiger partial charge in [0.15, 0.2) is 0 Å². The Bertz CT molecular complexity index is 390. The monoisotopic (exact) mass is 235 g/mol. The van der Waals surface area contributed by atoms with Crippen molar-refractivity contribution in [1.82, 2.24) is 4.90 Å². The Balaban J connectivity index is 2.54. The fraction of sp³-hybridized carbons (Fsp3) is 0.462. The quantitative estimate of drug-likeness (QED) is 0.766. The molecule has 0 spiro atoms. The third-order valence-corrected chi connectivity index (χ3v) is 2.91. The number of carbonyl (C=O) groups is 1. The van der Waals surface area contributed by atoms with E-state index in [9.17, 15) is 4.79 Å². The summed E-state index contributed by atoms with van der Waals surface area (Å²) in [6, 6.07) is 5.54. The van der Waals surface area contributed by atoms with Crippen LogP contribution in [0.25, 0.3) is 0 Å². The fourth-order valence-electron chi connectivity index (χ4n) is 1.45. The van der Waals surface area contributed by atoms with Gasteiger partial charge in [0.1, 0.15) is 0 Å². The van der Waals surface area contributed by atoms with Gasteiger partial charge >= 0.3 is 0 Å². The van der Waals surface area contributed by atoms with Crippen LogP contribution in [0.3, 0.4) is 0 Å². The molecule has 94 valence electrons. The number of carbonyl (C=O) groups excluding carboxylic acids is 1. The molecule has 3 N–H and O–H groups in total. The number of hydrogen-bond donors (Lipinski definition) is 2. The van der Waals surface area contributed by atoms with Crippen LogP contribution in [0.15, 0.2) is 18.2 Å². The standard InChI is InChI=1S/C13H21N3O/c1-4-16(3)9-8-13(17)15-12-7-5-6-11(14)10(12)2/h5-7H,4,8-9,14H2,1-3H3,(H,15,17). The first-order valence-corrected chi connectivity index (χ1v) is 5.88. The maximum atomic E-state index is 11.7. The van der Waals surface area contributed by atoms with Gasteiger partial charge in [0.05, 0.1) is 0 Å². The summed E-state index contributed by atoms with van der Waals surface area (Å²) in [6.45, 7) is 5.69. The van der Waals surface area contributed by atoms with Gasteiger partial charge in [0, 0.05) is 24.3 Å². The van der Waals surface area contributed by atoms with Gasteiger partial charge in [-0.1, -0.05) is 13.0 Å². The highest BCUT2D eigenvalue weighted by atomic mass is 16.1. The summed E-state index contributed by atoms with van der Waals surface area (Å²) >= 11 is 0. The first kappa shape index (κ1) is 13.5. The molecule has 0 aliphatic heterocycles. The lowest BCUT2D eigenvalue weighted by atomic mass is 10.1. The molecule has 0 atom stereocenters. The zero-order valence-corrected chi connectivity index (χ0v) is 10.8. The molecule has 17 heavy (non-hydrogen) atoms. The summed E-state index contributed by atoms with van der Waals surface area (Å²) in [6.07, 6.45) is 0.499. The molecule has 4 heteroatoms. The van der Waals surface area contributed by atoms with E-state index in [4.69, 9.17) is 5.73 Å². The molecule has 0 radical (unpaired) electrons. The third kappa shape index (κ3) is 4.07. The summed E-state index contributed by atoms with van der Waals surface area (Å²) in [7, 11) is 2.00. The zero-order chi connectivity index (χ0) is 12.8. The fourth-order valence-corrected chi connectivity index (χ4v) is 1.45. The van der Waals surface area contributed by atoms with Gasteiger partial charge in [0.2, 0.25) is 5.91 Å². The second-order valence-corrected chi connectivity index (χ2v) is 4.21. The number of anilines is 2. The summed E-state index contributed by atoms with van der Waals surface area (Å²) in [5.41, 5.74) is 8.20. The number of amides is 1. The number of nitrogens with one attached hydrogen (secondary N) is 1. The highest BCUT2D eigenvalue weighted by Gasteiger charge is 2.06. The average molecular weight is 235 g/mol. The van der Waals surface area contributed by atoms with E-state index < -0.39 is 0 Å². The van der Waals surface area contributed by atoms with E-state index in [1.165, 1.54) is 0 Å². The van der Waals surface area contributed by atoms with Crippen LogP contribution >= 0.6 is 0 Å². The Labute approximate surface area is 103 Å². The van der Waals surface area contributed by atoms with Gasteiger partial charge < -0.3 is 16.0 Å². The van der Waals surface area contributed by atoms with Crippen molar-refractivity contribution < 1.29 is 4.79 Å². The topological polar surface area (TPSA) is 58.4 Å². The largest absolute Gasteiger partial charge is 0.398 e. The molecule has 0 bridgehead atoms. The lowest BCUT2D eigenvalue weighted by Crippen LogP contribution is -2.24. The Morgan fingerprint density at radius 3 is 2.82 bits per heavy atom. The van der Waals surface area contributed by atoms with E-state index in [0.717, 1.165) is 24.3 Å². The molecular weight excluding hydrogens is 214 g/mol. The SMILES string of the molecule is CCN(C)CCC(=O)Nc1cccc(N)c1C. The van der Waals surface area contributed by atoms with Crippen molar-refractivity contribution in [3.05, 3.63) is 23.8 Å². The molecule has 0 unspecified atom stereocenters. The van der Waals surface area contributed by atoms with Crippen molar-refractivity contribution in [3.8, 4) is 0 Å². The molecule has 0 saturated carbocycles. The Morgan fingerprint density at radius 1 is 1.47 bits per heavy atom. The number of hydrogen-bond acceptors (Lipinski definition) is 3. The molecule has 0 fully saturated rings. The molecule has 1 rings (SSSR count). The normalized spacial score (nSPS) is 10.6. The van der Waals surface area contributed by atoms with Gasteiger partial charge in [-0.15, -0.1) is 0 Å². The van der Waals surface area contributed by atoms with E-state index >= 15 is 0 Å². The van der Waals surface area contributed by atoms with E-state index in [0.29, 0.717) is 12.1 Å². The predicted molar refractivity (Wildman–Crippen MR) is 72.0 cm³/mol. The molecule has 1 aromatic rings. The Hall–Kier alpha value is -1.55. The second-order valence-electron chi connectivity index (χ2n) is 4.21. The smallest absolute Gasteiger partial charge is 0.225 e. The Kier molecular flexibility index (Phi) is 4.97. The highest BCUT2D eigenvalue weighted by Crippen LogP contribution is 2.20. The molecule has 0 aromatic heterocycles. The maximum absolute atomic E-state index is 11.7. The van der Waals surface area contributed by atoms with Crippen molar-refractivity contribution in [2.24, 2.45) is 0 Å². The van der Waals surface area contributed by atoms with E-state index in [1.807, 2.05) is 32.2 Å². The van der Waals surface area contributed by atoms with Gasteiger partial charge in [-0.05, 0) is 38.2 Å². The first-order valence-electron chi connectivity index (χ1n) is 5.88. The van der Waals surface area contributed by atoms with Gasteiger partial charge in [-0.3, -0.25) is 4.79 Å². The molecule has 0 aliphatic rings. The van der Waals surface area contributed by atoms with Crippen molar-refractivity contribution in [1.29, 1.82) is 0 Å². The van der Waals surface area contributed by atoms with Crippen molar-refractivity contribution in [2.45, 2.75) is 20.3 Å². The minimum absolute atomic E-state index is 0.0269. The predicted octanol–water partition coefficient (Wildman–Crippen LogP) is 1.86. The first-order chi connectivity index (χ1) is 8.04. The average Bonchev–Trinajstić information content (AvgIpc) is 2.32.